The number of hydrogen-bond donors (Lipinski definition) is 4. The van der Waals surface area contributed by atoms with Gasteiger partial charge in [-0.05, 0) is 34.6 Å². The van der Waals surface area contributed by atoms with Crippen molar-refractivity contribution in [1.29, 1.82) is 0 Å². The first-order valence-corrected chi connectivity index (χ1v) is 7.97. The monoisotopic (exact) mass is 331 g/mol. The molecule has 5 N–H and O–H groups in total. The number of amides is 2. The third kappa shape index (κ3) is 4.36. The molecule has 2 amide bonds. The van der Waals surface area contributed by atoms with Gasteiger partial charge >= 0.3 is 5.97 Å². The van der Waals surface area contributed by atoms with Crippen LogP contribution in [-0.4, -0.2) is 44.6 Å². The average Bonchev–Trinajstić information content (AvgIpc) is 2.23. The molecular formula is C14H25N3O4S. The highest BCUT2D eigenvalue weighted by Crippen LogP contribution is 2.59. The maximum Gasteiger partial charge on any atom is 0.305 e. The van der Waals surface area contributed by atoms with Crippen molar-refractivity contribution in [3.8, 4) is 0 Å². The smallest absolute Gasteiger partial charge is 0.305 e. The molecule has 0 unspecified atom stereocenters. The number of rotatable bonds is 6. The van der Waals surface area contributed by atoms with Crippen LogP contribution in [0.1, 0.15) is 41.0 Å². The molecule has 1 rings (SSSR count). The van der Waals surface area contributed by atoms with E-state index in [2.05, 4.69) is 10.6 Å². The maximum atomic E-state index is 12.4. The molecule has 0 aliphatic carbocycles. The highest BCUT2D eigenvalue weighted by molar-refractivity contribution is 8.03. The SMILES string of the molecule is C[C@H](NC(=O)C1C(C)(C)SC1(C)C)NC(=O)[C@@H](N)CC(=O)O. The highest BCUT2D eigenvalue weighted by atomic mass is 32.2. The Hall–Kier alpha value is -1.28. The second-order valence-corrected chi connectivity index (χ2v) is 8.99. The molecule has 2 atom stereocenters. The Labute approximate surface area is 134 Å². The molecule has 8 heteroatoms. The first-order chi connectivity index (χ1) is 9.86. The van der Waals surface area contributed by atoms with E-state index >= 15 is 0 Å². The maximum absolute atomic E-state index is 12.4. The lowest BCUT2D eigenvalue weighted by Gasteiger charge is -2.55. The van der Waals surface area contributed by atoms with E-state index in [9.17, 15) is 14.4 Å². The number of carbonyl (C=O) groups excluding carboxylic acids is 2. The minimum atomic E-state index is -1.14. The number of hydrogen-bond acceptors (Lipinski definition) is 5. The van der Waals surface area contributed by atoms with Gasteiger partial charge in [0, 0.05) is 9.49 Å². The number of thioether (sulfide) groups is 1. The number of carbonyl (C=O) groups is 3. The summed E-state index contributed by atoms with van der Waals surface area (Å²) < 4.78 is -0.311. The zero-order chi connectivity index (χ0) is 17.3. The lowest BCUT2D eigenvalue weighted by molar-refractivity contribution is -0.139. The molecule has 0 bridgehead atoms. The fraction of sp³-hybridized carbons (Fsp3) is 0.786. The Kier molecular flexibility index (Phi) is 5.51. The van der Waals surface area contributed by atoms with E-state index in [4.69, 9.17) is 10.8 Å². The van der Waals surface area contributed by atoms with Crippen LogP contribution in [0.15, 0.2) is 0 Å². The van der Waals surface area contributed by atoms with Crippen LogP contribution in [0.2, 0.25) is 0 Å². The van der Waals surface area contributed by atoms with E-state index in [0.717, 1.165) is 0 Å². The number of carboxylic acids is 1. The van der Waals surface area contributed by atoms with Crippen molar-refractivity contribution in [3.05, 3.63) is 0 Å². The second-order valence-electron chi connectivity index (χ2n) is 6.69. The molecule has 126 valence electrons. The quantitative estimate of drug-likeness (QED) is 0.519. The fourth-order valence-corrected chi connectivity index (χ4v) is 5.35. The zero-order valence-corrected chi connectivity index (χ0v) is 14.4. The Balaban J connectivity index is 2.55. The van der Waals surface area contributed by atoms with Crippen molar-refractivity contribution >= 4 is 29.5 Å². The number of aliphatic carboxylic acids is 1. The first-order valence-electron chi connectivity index (χ1n) is 7.15. The molecule has 7 nitrogen and oxygen atoms in total. The van der Waals surface area contributed by atoms with Crippen LogP contribution in [0.5, 0.6) is 0 Å². The zero-order valence-electron chi connectivity index (χ0n) is 13.6. The summed E-state index contributed by atoms with van der Waals surface area (Å²) in [4.78, 5) is 34.6. The summed E-state index contributed by atoms with van der Waals surface area (Å²) in [5, 5.41) is 13.9. The lowest BCUT2D eigenvalue weighted by Crippen LogP contribution is -2.63. The Morgan fingerprint density at radius 1 is 1.18 bits per heavy atom. The van der Waals surface area contributed by atoms with Gasteiger partial charge in [0.05, 0.1) is 24.5 Å². The number of carboxylic acid groups (broad SMARTS) is 1. The summed E-state index contributed by atoms with van der Waals surface area (Å²) in [6.45, 7) is 9.67. The van der Waals surface area contributed by atoms with Gasteiger partial charge in [-0.1, -0.05) is 0 Å². The van der Waals surface area contributed by atoms with E-state index in [1.54, 1.807) is 18.7 Å². The van der Waals surface area contributed by atoms with Crippen LogP contribution < -0.4 is 16.4 Å². The van der Waals surface area contributed by atoms with Gasteiger partial charge in [-0.25, -0.2) is 0 Å². The summed E-state index contributed by atoms with van der Waals surface area (Å²) in [6.07, 6.45) is -1.07. The van der Waals surface area contributed by atoms with Crippen molar-refractivity contribution < 1.29 is 19.5 Å². The summed E-state index contributed by atoms with van der Waals surface area (Å²) in [5.74, 6) is -2.04. The highest BCUT2D eigenvalue weighted by Gasteiger charge is 2.57. The molecular weight excluding hydrogens is 306 g/mol. The third-order valence-corrected chi connectivity index (χ3v) is 5.15. The molecule has 1 saturated heterocycles. The molecule has 0 aromatic rings. The Bertz CT molecular complexity index is 465. The summed E-state index contributed by atoms with van der Waals surface area (Å²) in [5.41, 5.74) is 5.47. The Morgan fingerprint density at radius 2 is 1.68 bits per heavy atom. The summed E-state index contributed by atoms with van der Waals surface area (Å²) in [6, 6.07) is -1.14. The van der Waals surface area contributed by atoms with Crippen LogP contribution in [-0.2, 0) is 14.4 Å². The van der Waals surface area contributed by atoms with Gasteiger partial charge in [0.25, 0.3) is 0 Å². The van der Waals surface area contributed by atoms with Crippen molar-refractivity contribution in [1.82, 2.24) is 10.6 Å². The van der Waals surface area contributed by atoms with Gasteiger partial charge in [-0.15, -0.1) is 11.8 Å². The third-order valence-electron chi connectivity index (χ3n) is 3.63. The van der Waals surface area contributed by atoms with Crippen LogP contribution in [0.25, 0.3) is 0 Å². The van der Waals surface area contributed by atoms with E-state index in [1.807, 2.05) is 27.7 Å². The van der Waals surface area contributed by atoms with Gasteiger partial charge in [0.2, 0.25) is 11.8 Å². The molecule has 0 saturated carbocycles. The topological polar surface area (TPSA) is 122 Å². The molecule has 0 aromatic heterocycles. The minimum absolute atomic E-state index is 0.131. The van der Waals surface area contributed by atoms with Crippen LogP contribution in [0.4, 0.5) is 0 Å². The number of nitrogens with one attached hydrogen (secondary N) is 2. The van der Waals surface area contributed by atoms with Crippen molar-refractivity contribution in [2.24, 2.45) is 11.7 Å². The second kappa shape index (κ2) is 6.45. The lowest BCUT2D eigenvalue weighted by atomic mass is 9.81. The van der Waals surface area contributed by atoms with Gasteiger partial charge in [0.1, 0.15) is 0 Å². The molecule has 1 aliphatic rings. The van der Waals surface area contributed by atoms with Crippen LogP contribution in [0, 0.1) is 5.92 Å². The molecule has 0 aromatic carbocycles. The minimum Gasteiger partial charge on any atom is -0.481 e. The van der Waals surface area contributed by atoms with Crippen molar-refractivity contribution in [2.45, 2.75) is 62.7 Å². The normalized spacial score (nSPS) is 22.1. The predicted molar refractivity (Wildman–Crippen MR) is 85.2 cm³/mol. The van der Waals surface area contributed by atoms with E-state index < -0.39 is 30.5 Å². The van der Waals surface area contributed by atoms with Crippen molar-refractivity contribution in [2.75, 3.05) is 0 Å². The van der Waals surface area contributed by atoms with Crippen molar-refractivity contribution in [3.63, 3.8) is 0 Å². The van der Waals surface area contributed by atoms with Gasteiger partial charge in [-0.3, -0.25) is 14.4 Å². The molecule has 0 radical (unpaired) electrons. The summed E-state index contributed by atoms with van der Waals surface area (Å²) >= 11 is 1.74. The van der Waals surface area contributed by atoms with Crippen LogP contribution in [0.3, 0.4) is 0 Å². The van der Waals surface area contributed by atoms with Gasteiger partial charge in [0.15, 0.2) is 0 Å². The van der Waals surface area contributed by atoms with Gasteiger partial charge < -0.3 is 21.5 Å². The predicted octanol–water partition coefficient (Wildman–Crippen LogP) is 0.287. The van der Waals surface area contributed by atoms with E-state index in [1.165, 1.54) is 0 Å². The molecule has 22 heavy (non-hydrogen) atoms. The molecule has 1 heterocycles. The first kappa shape index (κ1) is 18.8. The summed E-state index contributed by atoms with van der Waals surface area (Å²) in [7, 11) is 0. The van der Waals surface area contributed by atoms with Crippen LogP contribution >= 0.6 is 11.8 Å². The Morgan fingerprint density at radius 3 is 2.09 bits per heavy atom. The van der Waals surface area contributed by atoms with Gasteiger partial charge in [-0.2, -0.15) is 0 Å². The fourth-order valence-electron chi connectivity index (χ4n) is 3.14. The largest absolute Gasteiger partial charge is 0.481 e. The molecule has 0 spiro atoms. The average molecular weight is 331 g/mol. The molecule has 1 aliphatic heterocycles. The number of nitrogens with two attached hydrogens (primary N) is 1. The van der Waals surface area contributed by atoms with E-state index in [-0.39, 0.29) is 21.3 Å². The van der Waals surface area contributed by atoms with E-state index in [0.29, 0.717) is 0 Å². The molecule has 1 fully saturated rings. The standard InChI is InChI=1S/C14H25N3O4S/c1-7(16-11(20)8(15)6-9(18)19)17-12(21)10-13(2,3)22-14(10,4)5/h7-8,10H,6,15H2,1-5H3,(H,16,20)(H,17,21)(H,18,19)/t7-,8-/m0/s1.